The lowest BCUT2D eigenvalue weighted by Crippen LogP contribution is -2.46. The summed E-state index contributed by atoms with van der Waals surface area (Å²) in [6.07, 6.45) is 1.99. The number of halogens is 1. The molecule has 3 aromatic rings. The summed E-state index contributed by atoms with van der Waals surface area (Å²) in [5.74, 6) is 1.05. The number of fused-ring (bicyclic) bond motifs is 2. The summed E-state index contributed by atoms with van der Waals surface area (Å²) in [4.78, 5) is 17.2. The minimum atomic E-state index is -0.178. The number of hydrogen-bond acceptors (Lipinski definition) is 6. The lowest BCUT2D eigenvalue weighted by molar-refractivity contribution is 0.0952. The Balaban J connectivity index is 1.02. The third-order valence-electron chi connectivity index (χ3n) is 6.05. The second-order valence-electron chi connectivity index (χ2n) is 8.12. The van der Waals surface area contributed by atoms with Crippen LogP contribution in [0.2, 0.25) is 0 Å². The Morgan fingerprint density at radius 1 is 1.03 bits per heavy atom. The normalized spacial score (nSPS) is 16.0. The second kappa shape index (κ2) is 9.34. The highest BCUT2D eigenvalue weighted by Crippen LogP contribution is 2.34. The smallest absolute Gasteiger partial charge is 0.251 e. The van der Waals surface area contributed by atoms with E-state index in [-0.39, 0.29) is 18.5 Å². The number of nitrogens with zero attached hydrogens (tertiary/aromatic N) is 2. The van der Waals surface area contributed by atoms with Crippen molar-refractivity contribution in [1.29, 1.82) is 0 Å². The first-order valence-electron chi connectivity index (χ1n) is 11.0. The maximum absolute atomic E-state index is 13.4. The van der Waals surface area contributed by atoms with E-state index in [1.165, 1.54) is 5.69 Å². The zero-order chi connectivity index (χ0) is 21.9. The minimum Gasteiger partial charge on any atom is -0.454 e. The van der Waals surface area contributed by atoms with E-state index >= 15 is 0 Å². The summed E-state index contributed by atoms with van der Waals surface area (Å²) >= 11 is 1.61. The quantitative estimate of drug-likeness (QED) is 0.544. The molecule has 1 amide bonds. The number of benzene rings is 2. The highest BCUT2D eigenvalue weighted by molar-refractivity contribution is 7.17. The molecule has 0 spiro atoms. The summed E-state index contributed by atoms with van der Waals surface area (Å²) in [7, 11) is 0. The topological polar surface area (TPSA) is 54.0 Å². The van der Waals surface area contributed by atoms with E-state index in [2.05, 4.69) is 20.5 Å². The number of rotatable bonds is 7. The number of hydrogen-bond donors (Lipinski definition) is 1. The summed E-state index contributed by atoms with van der Waals surface area (Å²) in [6, 6.07) is 10.3. The summed E-state index contributed by atoms with van der Waals surface area (Å²) in [5, 5.41) is 6.27. The van der Waals surface area contributed by atoms with Crippen LogP contribution in [0.5, 0.6) is 11.5 Å². The first kappa shape index (κ1) is 21.0. The first-order chi connectivity index (χ1) is 15.7. The molecule has 1 N–H and O–H groups in total. The van der Waals surface area contributed by atoms with Gasteiger partial charge in [0.1, 0.15) is 5.82 Å². The van der Waals surface area contributed by atoms with Gasteiger partial charge in [-0.25, -0.2) is 4.39 Å². The van der Waals surface area contributed by atoms with Crippen LogP contribution in [0.15, 0.2) is 41.8 Å². The molecule has 0 radical (unpaired) electrons. The molecule has 0 saturated carbocycles. The Kier molecular flexibility index (Phi) is 6.14. The van der Waals surface area contributed by atoms with Crippen LogP contribution in [0.4, 0.5) is 10.1 Å². The summed E-state index contributed by atoms with van der Waals surface area (Å²) in [6.45, 7) is 5.88. The third-order valence-corrected chi connectivity index (χ3v) is 6.98. The molecule has 0 aliphatic carbocycles. The van der Waals surface area contributed by atoms with E-state index in [0.29, 0.717) is 23.6 Å². The zero-order valence-corrected chi connectivity index (χ0v) is 18.6. The van der Waals surface area contributed by atoms with Crippen molar-refractivity contribution in [1.82, 2.24) is 10.2 Å². The van der Waals surface area contributed by atoms with E-state index in [4.69, 9.17) is 9.47 Å². The Morgan fingerprint density at radius 2 is 1.88 bits per heavy atom. The first-order valence-corrected chi connectivity index (χ1v) is 11.9. The molecule has 1 saturated heterocycles. The number of unbranched alkanes of at least 4 members (excludes halogenated alkanes) is 1. The molecular weight excluding hydrogens is 429 g/mol. The van der Waals surface area contributed by atoms with Gasteiger partial charge in [0.2, 0.25) is 6.79 Å². The van der Waals surface area contributed by atoms with Crippen molar-refractivity contribution in [3.05, 3.63) is 53.2 Å². The number of thiophene rings is 1. The molecule has 1 aromatic heterocycles. The van der Waals surface area contributed by atoms with Crippen LogP contribution in [-0.4, -0.2) is 56.9 Å². The van der Waals surface area contributed by atoms with Crippen molar-refractivity contribution in [2.45, 2.75) is 12.8 Å². The lowest BCUT2D eigenvalue weighted by Gasteiger charge is -2.35. The van der Waals surface area contributed by atoms with E-state index in [0.717, 1.165) is 55.7 Å². The van der Waals surface area contributed by atoms with Crippen molar-refractivity contribution in [2.24, 2.45) is 0 Å². The van der Waals surface area contributed by atoms with Crippen LogP contribution in [-0.2, 0) is 0 Å². The van der Waals surface area contributed by atoms with E-state index in [1.807, 2.05) is 6.07 Å². The Hall–Kier alpha value is -2.84. The molecule has 2 aliphatic rings. The van der Waals surface area contributed by atoms with Crippen molar-refractivity contribution in [3.63, 3.8) is 0 Å². The molecule has 6 nitrogen and oxygen atoms in total. The molecule has 3 heterocycles. The fourth-order valence-electron chi connectivity index (χ4n) is 4.25. The van der Waals surface area contributed by atoms with E-state index < -0.39 is 0 Å². The van der Waals surface area contributed by atoms with Gasteiger partial charge in [0, 0.05) is 53.8 Å². The van der Waals surface area contributed by atoms with Gasteiger partial charge in [-0.05, 0) is 55.8 Å². The highest BCUT2D eigenvalue weighted by Gasteiger charge is 2.20. The van der Waals surface area contributed by atoms with Crippen molar-refractivity contribution >= 4 is 33.0 Å². The molecule has 5 rings (SSSR count). The summed E-state index contributed by atoms with van der Waals surface area (Å²) < 4.78 is 25.1. The van der Waals surface area contributed by atoms with Gasteiger partial charge in [-0.15, -0.1) is 11.3 Å². The van der Waals surface area contributed by atoms with Crippen LogP contribution in [0.3, 0.4) is 0 Å². The van der Waals surface area contributed by atoms with Crippen molar-refractivity contribution < 1.29 is 18.7 Å². The maximum atomic E-state index is 13.4. The van der Waals surface area contributed by atoms with Crippen LogP contribution in [0, 0.1) is 5.82 Å². The molecule has 2 aromatic carbocycles. The number of carbonyl (C=O) groups excluding carboxylic acids is 1. The second-order valence-corrected chi connectivity index (χ2v) is 9.03. The fourth-order valence-corrected chi connectivity index (χ4v) is 5.24. The van der Waals surface area contributed by atoms with Crippen molar-refractivity contribution in [3.8, 4) is 11.5 Å². The van der Waals surface area contributed by atoms with Gasteiger partial charge in [0.05, 0.1) is 5.69 Å². The zero-order valence-electron chi connectivity index (χ0n) is 17.8. The fraction of sp³-hybridized carbons (Fsp3) is 0.375. The Morgan fingerprint density at radius 3 is 2.75 bits per heavy atom. The van der Waals surface area contributed by atoms with Gasteiger partial charge in [-0.1, -0.05) is 0 Å². The predicted molar refractivity (Wildman–Crippen MR) is 125 cm³/mol. The average molecular weight is 456 g/mol. The SMILES string of the molecule is O=C(NCCCCN1CCN(c2csc3cc(F)ccc23)CC1)c1ccc2c(c1)OCO2. The summed E-state index contributed by atoms with van der Waals surface area (Å²) in [5.41, 5.74) is 1.81. The van der Waals surface area contributed by atoms with Gasteiger partial charge in [0.25, 0.3) is 5.91 Å². The van der Waals surface area contributed by atoms with Gasteiger partial charge in [0.15, 0.2) is 11.5 Å². The van der Waals surface area contributed by atoms with Crippen LogP contribution in [0.1, 0.15) is 23.2 Å². The van der Waals surface area contributed by atoms with E-state index in [9.17, 15) is 9.18 Å². The monoisotopic (exact) mass is 455 g/mol. The number of nitrogens with one attached hydrogen (secondary N) is 1. The standard InChI is InChI=1S/C24H26FN3O3S/c25-18-4-5-19-20(15-32-23(19)14-18)28-11-9-27(10-12-28)8-2-1-7-26-24(29)17-3-6-21-22(13-17)31-16-30-21/h3-6,13-15H,1-2,7-12,16H2,(H,26,29). The van der Waals surface area contributed by atoms with Crippen LogP contribution in [0.25, 0.3) is 10.1 Å². The number of ether oxygens (including phenoxy) is 2. The highest BCUT2D eigenvalue weighted by atomic mass is 32.1. The van der Waals surface area contributed by atoms with Gasteiger partial charge < -0.3 is 19.7 Å². The predicted octanol–water partition coefficient (Wildman–Crippen LogP) is 4.10. The molecule has 0 bridgehead atoms. The van der Waals surface area contributed by atoms with Gasteiger partial charge in [-0.2, -0.15) is 0 Å². The molecule has 168 valence electrons. The van der Waals surface area contributed by atoms with Crippen LogP contribution < -0.4 is 19.7 Å². The Bertz CT molecular complexity index is 1110. The Labute approximate surface area is 190 Å². The molecule has 2 aliphatic heterocycles. The molecule has 0 unspecified atom stereocenters. The third kappa shape index (κ3) is 4.52. The van der Waals surface area contributed by atoms with Crippen molar-refractivity contribution in [2.75, 3.05) is 51.0 Å². The van der Waals surface area contributed by atoms with Gasteiger partial charge >= 0.3 is 0 Å². The van der Waals surface area contributed by atoms with E-state index in [1.54, 1.807) is 41.7 Å². The number of piperazine rings is 1. The largest absolute Gasteiger partial charge is 0.454 e. The lowest BCUT2D eigenvalue weighted by atomic mass is 10.2. The number of amides is 1. The van der Waals surface area contributed by atoms with Gasteiger partial charge in [-0.3, -0.25) is 9.69 Å². The number of anilines is 1. The molecular formula is C24H26FN3O3S. The molecule has 8 heteroatoms. The molecule has 32 heavy (non-hydrogen) atoms. The minimum absolute atomic E-state index is 0.0835. The number of carbonyl (C=O) groups is 1. The molecule has 0 atom stereocenters. The maximum Gasteiger partial charge on any atom is 0.251 e. The average Bonchev–Trinajstić information content (AvgIpc) is 3.45. The molecule has 1 fully saturated rings. The van der Waals surface area contributed by atoms with Crippen LogP contribution >= 0.6 is 11.3 Å².